The van der Waals surface area contributed by atoms with Crippen molar-refractivity contribution in [3.63, 3.8) is 0 Å². The van der Waals surface area contributed by atoms with Crippen LogP contribution < -0.4 is 0 Å². The summed E-state index contributed by atoms with van der Waals surface area (Å²) in [4.78, 5) is 11.9. The van der Waals surface area contributed by atoms with Crippen molar-refractivity contribution in [3.05, 3.63) is 53.6 Å². The Morgan fingerprint density at radius 2 is 1.54 bits per heavy atom. The van der Waals surface area contributed by atoms with Gasteiger partial charge in [-0.25, -0.2) is 0 Å². The van der Waals surface area contributed by atoms with Gasteiger partial charge in [0.05, 0.1) is 5.56 Å². The maximum atomic E-state index is 11.9. The molecule has 2 aromatic carbocycles. The van der Waals surface area contributed by atoms with Crippen LogP contribution in [-0.2, 0) is 0 Å². The Balaban J connectivity index is 0.000000648. The second-order valence-corrected chi connectivity index (χ2v) is 5.15. The number of hydrogen-bond acceptors (Lipinski definition) is 5. The van der Waals surface area contributed by atoms with Crippen molar-refractivity contribution in [3.8, 4) is 23.0 Å². The van der Waals surface area contributed by atoms with E-state index in [2.05, 4.69) is 13.8 Å². The molecule has 0 fully saturated rings. The number of benzene rings is 2. The Morgan fingerprint density at radius 3 is 2.08 bits per heavy atom. The molecule has 2 rings (SSSR count). The van der Waals surface area contributed by atoms with Crippen LogP contribution in [0.2, 0.25) is 0 Å². The molecule has 0 radical (unpaired) electrons. The minimum atomic E-state index is -0.449. The summed E-state index contributed by atoms with van der Waals surface area (Å²) >= 11 is 0. The fourth-order valence-corrected chi connectivity index (χ4v) is 1.63. The first-order chi connectivity index (χ1) is 11.4. The summed E-state index contributed by atoms with van der Waals surface area (Å²) in [5.74, 6) is -1.42. The molecule has 5 heteroatoms. The molecule has 24 heavy (non-hydrogen) atoms. The zero-order valence-corrected chi connectivity index (χ0v) is 13.7. The molecule has 0 bridgehead atoms. The molecule has 0 atom stereocenters. The Labute approximate surface area is 141 Å². The summed E-state index contributed by atoms with van der Waals surface area (Å²) in [7, 11) is 0. The van der Waals surface area contributed by atoms with Gasteiger partial charge in [0, 0.05) is 6.07 Å². The van der Waals surface area contributed by atoms with Crippen LogP contribution in [-0.4, -0.2) is 26.2 Å². The molecule has 5 nitrogen and oxygen atoms in total. The highest BCUT2D eigenvalue weighted by atomic mass is 16.3. The molecule has 0 aliphatic heterocycles. The summed E-state index contributed by atoms with van der Waals surface area (Å²) in [6, 6.07) is 7.81. The maximum absolute atomic E-state index is 11.9. The molecule has 0 amide bonds. The third-order valence-electron chi connectivity index (χ3n) is 3.17. The van der Waals surface area contributed by atoms with E-state index in [4.69, 9.17) is 10.2 Å². The van der Waals surface area contributed by atoms with Gasteiger partial charge in [0.15, 0.2) is 17.3 Å². The molecule has 0 unspecified atom stereocenters. The lowest BCUT2D eigenvalue weighted by Crippen LogP contribution is -1.94. The molecular formula is C19H22O5. The molecular weight excluding hydrogens is 308 g/mol. The largest absolute Gasteiger partial charge is 0.508 e. The SMILES string of the molecule is CCCC.O=C(C=Cc1ccc(O)c(O)c1)c1ccc(O)cc1O. The van der Waals surface area contributed by atoms with Gasteiger partial charge in [-0.2, -0.15) is 0 Å². The monoisotopic (exact) mass is 330 g/mol. The van der Waals surface area contributed by atoms with Gasteiger partial charge in [0.2, 0.25) is 0 Å². The summed E-state index contributed by atoms with van der Waals surface area (Å²) in [6.07, 6.45) is 5.30. The van der Waals surface area contributed by atoms with Crippen molar-refractivity contribution in [1.29, 1.82) is 0 Å². The van der Waals surface area contributed by atoms with Crippen molar-refractivity contribution in [2.24, 2.45) is 0 Å². The molecule has 0 spiro atoms. The predicted molar refractivity (Wildman–Crippen MR) is 93.5 cm³/mol. The number of allylic oxidation sites excluding steroid dienone is 1. The average molecular weight is 330 g/mol. The van der Waals surface area contributed by atoms with Gasteiger partial charge >= 0.3 is 0 Å². The molecule has 0 saturated heterocycles. The van der Waals surface area contributed by atoms with Gasteiger partial charge in [-0.3, -0.25) is 4.79 Å². The van der Waals surface area contributed by atoms with Crippen molar-refractivity contribution in [2.75, 3.05) is 0 Å². The molecule has 0 aromatic heterocycles. The molecule has 0 saturated carbocycles. The van der Waals surface area contributed by atoms with Gasteiger partial charge in [0.25, 0.3) is 0 Å². The van der Waals surface area contributed by atoms with E-state index in [9.17, 15) is 15.0 Å². The topological polar surface area (TPSA) is 98.0 Å². The number of aromatic hydroxyl groups is 4. The maximum Gasteiger partial charge on any atom is 0.189 e. The highest BCUT2D eigenvalue weighted by molar-refractivity contribution is 6.08. The van der Waals surface area contributed by atoms with Gasteiger partial charge in [-0.05, 0) is 35.9 Å². The average Bonchev–Trinajstić information content (AvgIpc) is 2.56. The van der Waals surface area contributed by atoms with E-state index in [0.29, 0.717) is 5.56 Å². The number of hydrogen-bond donors (Lipinski definition) is 4. The van der Waals surface area contributed by atoms with E-state index in [1.54, 1.807) is 0 Å². The fourth-order valence-electron chi connectivity index (χ4n) is 1.63. The van der Waals surface area contributed by atoms with E-state index >= 15 is 0 Å². The van der Waals surface area contributed by atoms with Crippen LogP contribution >= 0.6 is 0 Å². The number of carbonyl (C=O) groups is 1. The van der Waals surface area contributed by atoms with E-state index in [0.717, 1.165) is 6.07 Å². The van der Waals surface area contributed by atoms with Crippen molar-refractivity contribution < 1.29 is 25.2 Å². The first-order valence-electron chi connectivity index (χ1n) is 7.65. The van der Waals surface area contributed by atoms with E-state index in [1.807, 2.05) is 0 Å². The second kappa shape index (κ2) is 9.25. The quantitative estimate of drug-likeness (QED) is 0.382. The zero-order chi connectivity index (χ0) is 18.1. The lowest BCUT2D eigenvalue weighted by Gasteiger charge is -2.01. The van der Waals surface area contributed by atoms with Crippen LogP contribution in [0.4, 0.5) is 0 Å². The second-order valence-electron chi connectivity index (χ2n) is 5.15. The lowest BCUT2D eigenvalue weighted by molar-refractivity contribution is 0.104. The number of unbranched alkanes of at least 4 members (excludes halogenated alkanes) is 1. The predicted octanol–water partition coefficient (Wildman–Crippen LogP) is 4.21. The van der Waals surface area contributed by atoms with E-state index in [-0.39, 0.29) is 28.6 Å². The number of phenols is 4. The molecule has 0 aliphatic rings. The highest BCUT2D eigenvalue weighted by Crippen LogP contribution is 2.26. The third-order valence-corrected chi connectivity index (χ3v) is 3.17. The summed E-state index contributed by atoms with van der Waals surface area (Å²) < 4.78 is 0. The Bertz CT molecular complexity index is 718. The first kappa shape index (κ1) is 19.1. The van der Waals surface area contributed by atoms with Crippen LogP contribution in [0.15, 0.2) is 42.5 Å². The molecule has 0 heterocycles. The summed E-state index contributed by atoms with van der Waals surface area (Å²) in [5.41, 5.74) is 0.578. The lowest BCUT2D eigenvalue weighted by atomic mass is 10.1. The van der Waals surface area contributed by atoms with E-state index < -0.39 is 5.78 Å². The van der Waals surface area contributed by atoms with Crippen LogP contribution in [0, 0.1) is 0 Å². The van der Waals surface area contributed by atoms with Crippen molar-refractivity contribution in [2.45, 2.75) is 26.7 Å². The van der Waals surface area contributed by atoms with Crippen LogP contribution in [0.3, 0.4) is 0 Å². The summed E-state index contributed by atoms with van der Waals surface area (Å²) in [5, 5.41) is 37.2. The molecule has 128 valence electrons. The Hall–Kier alpha value is -2.95. The standard InChI is InChI=1S/C15H12O5.C4H10/c16-10-3-4-11(14(19)8-10)12(17)5-1-9-2-6-13(18)15(20)7-9;1-3-4-2/h1-8,16,18-20H;3-4H2,1-2H3. The Morgan fingerprint density at radius 1 is 0.875 bits per heavy atom. The first-order valence-corrected chi connectivity index (χ1v) is 7.65. The van der Waals surface area contributed by atoms with Gasteiger partial charge < -0.3 is 20.4 Å². The van der Waals surface area contributed by atoms with E-state index in [1.165, 1.54) is 55.3 Å². The number of carbonyl (C=O) groups excluding carboxylic acids is 1. The minimum absolute atomic E-state index is 0.0575. The number of rotatable bonds is 4. The van der Waals surface area contributed by atoms with Gasteiger partial charge in [-0.1, -0.05) is 38.8 Å². The normalized spacial score (nSPS) is 10.2. The molecule has 2 aromatic rings. The number of phenolic OH excluding ortho intramolecular Hbond substituents is 4. The smallest absolute Gasteiger partial charge is 0.189 e. The van der Waals surface area contributed by atoms with Crippen LogP contribution in [0.25, 0.3) is 6.08 Å². The van der Waals surface area contributed by atoms with Crippen LogP contribution in [0.5, 0.6) is 23.0 Å². The molecule has 4 N–H and O–H groups in total. The molecule has 0 aliphatic carbocycles. The van der Waals surface area contributed by atoms with Gasteiger partial charge in [0.1, 0.15) is 11.5 Å². The third kappa shape index (κ3) is 5.68. The summed E-state index contributed by atoms with van der Waals surface area (Å²) in [6.45, 7) is 4.36. The number of ketones is 1. The highest BCUT2D eigenvalue weighted by Gasteiger charge is 2.08. The van der Waals surface area contributed by atoms with Crippen molar-refractivity contribution >= 4 is 11.9 Å². The van der Waals surface area contributed by atoms with Crippen LogP contribution in [0.1, 0.15) is 42.6 Å². The zero-order valence-electron chi connectivity index (χ0n) is 13.7. The minimum Gasteiger partial charge on any atom is -0.508 e. The van der Waals surface area contributed by atoms with Gasteiger partial charge in [-0.15, -0.1) is 0 Å². The fraction of sp³-hybridized carbons (Fsp3) is 0.211. The Kier molecular flexibility index (Phi) is 7.36. The van der Waals surface area contributed by atoms with Crippen molar-refractivity contribution in [1.82, 2.24) is 0 Å².